The number of anilines is 1. The van der Waals surface area contributed by atoms with Crippen LogP contribution in [0.15, 0.2) is 47.5 Å². The molecule has 5 nitrogen and oxygen atoms in total. The number of hydrogen-bond acceptors (Lipinski definition) is 4. The minimum absolute atomic E-state index is 0.0510. The van der Waals surface area contributed by atoms with Gasteiger partial charge in [-0.25, -0.2) is 0 Å². The molecule has 2 aliphatic rings. The molecule has 0 aromatic heterocycles. The molecule has 1 N–H and O–H groups in total. The number of fused-ring (bicyclic) bond motifs is 1. The quantitative estimate of drug-likeness (QED) is 0.864. The Kier molecular flexibility index (Phi) is 4.71. The summed E-state index contributed by atoms with van der Waals surface area (Å²) < 4.78 is 0. The molecule has 2 aliphatic heterocycles. The zero-order valence-corrected chi connectivity index (χ0v) is 15.1. The van der Waals surface area contributed by atoms with Crippen molar-refractivity contribution in [2.75, 3.05) is 31.1 Å². The van der Waals surface area contributed by atoms with E-state index < -0.39 is 0 Å². The van der Waals surface area contributed by atoms with Gasteiger partial charge in [-0.15, -0.1) is 0 Å². The standard InChI is InChI=1S/C21H24N4O/c1-2-22-18-5-3-4-16(12-18)15-24-8-10-25(11-9-24)19-7-6-17-14-23-21(26)20(17)13-19/h2-7,12-13H,8-11,14-15H2,1H3,(H,23,26)/b22-2-. The third-order valence-electron chi connectivity index (χ3n) is 5.11. The van der Waals surface area contributed by atoms with E-state index in [1.807, 2.05) is 25.3 Å². The molecule has 134 valence electrons. The molecule has 2 heterocycles. The molecule has 0 radical (unpaired) electrons. The number of nitrogens with one attached hydrogen (secondary N) is 1. The summed E-state index contributed by atoms with van der Waals surface area (Å²) in [6.45, 7) is 7.54. The monoisotopic (exact) mass is 348 g/mol. The van der Waals surface area contributed by atoms with Gasteiger partial charge in [0.05, 0.1) is 5.69 Å². The number of hydrogen-bond donors (Lipinski definition) is 1. The summed E-state index contributed by atoms with van der Waals surface area (Å²) in [5, 5.41) is 2.89. The number of aliphatic imine (C=N–C) groups is 1. The summed E-state index contributed by atoms with van der Waals surface area (Å²) in [6, 6.07) is 14.7. The van der Waals surface area contributed by atoms with Crippen LogP contribution in [0.5, 0.6) is 0 Å². The van der Waals surface area contributed by atoms with E-state index in [0.29, 0.717) is 6.54 Å². The van der Waals surface area contributed by atoms with Crippen molar-refractivity contribution in [2.45, 2.75) is 20.0 Å². The smallest absolute Gasteiger partial charge is 0.251 e. The Labute approximate surface area is 154 Å². The molecule has 1 fully saturated rings. The second-order valence-corrected chi connectivity index (χ2v) is 6.84. The Hall–Kier alpha value is -2.66. The lowest BCUT2D eigenvalue weighted by molar-refractivity contribution is 0.0966. The molecule has 0 atom stereocenters. The van der Waals surface area contributed by atoms with Crippen molar-refractivity contribution < 1.29 is 4.79 Å². The average Bonchev–Trinajstić information content (AvgIpc) is 3.03. The zero-order chi connectivity index (χ0) is 17.9. The van der Waals surface area contributed by atoms with Gasteiger partial charge >= 0.3 is 0 Å². The fourth-order valence-corrected chi connectivity index (χ4v) is 3.70. The van der Waals surface area contributed by atoms with Gasteiger partial charge in [-0.3, -0.25) is 14.7 Å². The van der Waals surface area contributed by atoms with E-state index >= 15 is 0 Å². The van der Waals surface area contributed by atoms with Crippen LogP contribution in [0, 0.1) is 0 Å². The van der Waals surface area contributed by atoms with Crippen LogP contribution in [0.4, 0.5) is 11.4 Å². The van der Waals surface area contributed by atoms with Crippen LogP contribution in [0.1, 0.15) is 28.4 Å². The third kappa shape index (κ3) is 3.48. The lowest BCUT2D eigenvalue weighted by Crippen LogP contribution is -2.46. The number of rotatable bonds is 4. The van der Waals surface area contributed by atoms with E-state index in [9.17, 15) is 4.79 Å². The first-order chi connectivity index (χ1) is 12.7. The van der Waals surface area contributed by atoms with E-state index in [1.165, 1.54) is 5.56 Å². The van der Waals surface area contributed by atoms with Crippen molar-refractivity contribution in [2.24, 2.45) is 4.99 Å². The predicted molar refractivity (Wildman–Crippen MR) is 105 cm³/mol. The molecule has 2 aromatic rings. The van der Waals surface area contributed by atoms with E-state index in [2.05, 4.69) is 50.4 Å². The second kappa shape index (κ2) is 7.30. The lowest BCUT2D eigenvalue weighted by atomic mass is 10.1. The maximum Gasteiger partial charge on any atom is 0.251 e. The van der Waals surface area contributed by atoms with Gasteiger partial charge in [0.25, 0.3) is 5.91 Å². The summed E-state index contributed by atoms with van der Waals surface area (Å²) in [5.41, 5.74) is 5.40. The average molecular weight is 348 g/mol. The highest BCUT2D eigenvalue weighted by molar-refractivity contribution is 5.99. The number of piperazine rings is 1. The largest absolute Gasteiger partial charge is 0.369 e. The summed E-state index contributed by atoms with van der Waals surface area (Å²) in [4.78, 5) is 21.1. The van der Waals surface area contributed by atoms with Gasteiger partial charge in [0.1, 0.15) is 0 Å². The Morgan fingerprint density at radius 3 is 2.77 bits per heavy atom. The Morgan fingerprint density at radius 2 is 1.96 bits per heavy atom. The highest BCUT2D eigenvalue weighted by Gasteiger charge is 2.22. The number of nitrogens with zero attached hydrogens (tertiary/aromatic N) is 3. The van der Waals surface area contributed by atoms with Crippen LogP contribution >= 0.6 is 0 Å². The SMILES string of the molecule is C/C=N\c1cccc(CN2CCN(c3ccc4c(c3)C(=O)NC4)CC2)c1. The van der Waals surface area contributed by atoms with Crippen LogP contribution in [-0.2, 0) is 13.1 Å². The van der Waals surface area contributed by atoms with Crippen LogP contribution < -0.4 is 10.2 Å². The maximum atomic E-state index is 11.9. The lowest BCUT2D eigenvalue weighted by Gasteiger charge is -2.36. The number of carbonyl (C=O) groups excluding carboxylic acids is 1. The molecule has 1 amide bonds. The number of amides is 1. The van der Waals surface area contributed by atoms with Crippen LogP contribution in [0.2, 0.25) is 0 Å². The van der Waals surface area contributed by atoms with Gasteiger partial charge in [-0.1, -0.05) is 18.2 Å². The second-order valence-electron chi connectivity index (χ2n) is 6.84. The van der Waals surface area contributed by atoms with Crippen LogP contribution in [-0.4, -0.2) is 43.2 Å². The highest BCUT2D eigenvalue weighted by atomic mass is 16.1. The first kappa shape index (κ1) is 16.8. The maximum absolute atomic E-state index is 11.9. The summed E-state index contributed by atoms with van der Waals surface area (Å²) in [7, 11) is 0. The van der Waals surface area contributed by atoms with Gasteiger partial charge in [-0.05, 0) is 42.3 Å². The van der Waals surface area contributed by atoms with Crippen molar-refractivity contribution in [3.05, 3.63) is 59.2 Å². The van der Waals surface area contributed by atoms with Gasteiger partial charge in [-0.2, -0.15) is 0 Å². The van der Waals surface area contributed by atoms with Crippen molar-refractivity contribution >= 4 is 23.5 Å². The molecule has 0 spiro atoms. The Bertz CT molecular complexity index is 838. The molecule has 26 heavy (non-hydrogen) atoms. The minimum Gasteiger partial charge on any atom is -0.369 e. The normalized spacial score (nSPS) is 17.6. The minimum atomic E-state index is 0.0510. The number of benzene rings is 2. The van der Waals surface area contributed by atoms with Gasteiger partial charge in [0.2, 0.25) is 0 Å². The van der Waals surface area contributed by atoms with Crippen molar-refractivity contribution in [1.82, 2.24) is 10.2 Å². The molecule has 1 saturated heterocycles. The summed E-state index contributed by atoms with van der Waals surface area (Å²) >= 11 is 0. The van der Waals surface area contributed by atoms with E-state index in [0.717, 1.165) is 55.2 Å². The van der Waals surface area contributed by atoms with Crippen molar-refractivity contribution in [3.8, 4) is 0 Å². The topological polar surface area (TPSA) is 47.9 Å². The molecule has 5 heteroatoms. The van der Waals surface area contributed by atoms with Crippen molar-refractivity contribution in [3.63, 3.8) is 0 Å². The van der Waals surface area contributed by atoms with Gasteiger partial charge in [0.15, 0.2) is 0 Å². The summed E-state index contributed by atoms with van der Waals surface area (Å²) in [6.07, 6.45) is 1.83. The van der Waals surface area contributed by atoms with Crippen LogP contribution in [0.3, 0.4) is 0 Å². The fourth-order valence-electron chi connectivity index (χ4n) is 3.70. The molecule has 4 rings (SSSR count). The number of carbonyl (C=O) groups is 1. The van der Waals surface area contributed by atoms with Crippen molar-refractivity contribution in [1.29, 1.82) is 0 Å². The third-order valence-corrected chi connectivity index (χ3v) is 5.11. The molecule has 0 saturated carbocycles. The first-order valence-corrected chi connectivity index (χ1v) is 9.19. The molecular formula is C21H24N4O. The fraction of sp³-hybridized carbons (Fsp3) is 0.333. The van der Waals surface area contributed by atoms with Crippen LogP contribution in [0.25, 0.3) is 0 Å². The molecular weight excluding hydrogens is 324 g/mol. The summed E-state index contributed by atoms with van der Waals surface area (Å²) in [5.74, 6) is 0.0510. The van der Waals surface area contributed by atoms with E-state index in [1.54, 1.807) is 0 Å². The molecule has 0 aliphatic carbocycles. The predicted octanol–water partition coefficient (Wildman–Crippen LogP) is 2.97. The first-order valence-electron chi connectivity index (χ1n) is 9.19. The van der Waals surface area contributed by atoms with Gasteiger partial charge < -0.3 is 10.2 Å². The van der Waals surface area contributed by atoms with Gasteiger partial charge in [0, 0.05) is 56.7 Å². The molecule has 0 unspecified atom stereocenters. The Balaban J connectivity index is 1.38. The zero-order valence-electron chi connectivity index (χ0n) is 15.1. The van der Waals surface area contributed by atoms with E-state index in [4.69, 9.17) is 0 Å². The molecule has 2 aromatic carbocycles. The highest BCUT2D eigenvalue weighted by Crippen LogP contribution is 2.24. The van der Waals surface area contributed by atoms with E-state index in [-0.39, 0.29) is 5.91 Å². The molecule has 0 bridgehead atoms. The Morgan fingerprint density at radius 1 is 1.12 bits per heavy atom.